The van der Waals surface area contributed by atoms with Crippen LogP contribution < -0.4 is 27.0 Å². The van der Waals surface area contributed by atoms with E-state index in [0.717, 1.165) is 18.4 Å². The third-order valence-electron chi connectivity index (χ3n) is 10.1. The molecule has 0 radical (unpaired) electrons. The molecule has 1 atom stereocenters. The maximum atomic E-state index is 13.1. The van der Waals surface area contributed by atoms with Gasteiger partial charge in [-0.1, -0.05) is 17.3 Å². The van der Waals surface area contributed by atoms with Gasteiger partial charge in [-0.3, -0.25) is 43.1 Å². The highest BCUT2D eigenvalue weighted by molar-refractivity contribution is 6.12. The Labute approximate surface area is 356 Å². The topological polar surface area (TPSA) is 255 Å². The fraction of sp³-hybridized carbons (Fsp3) is 0.595. The zero-order valence-corrected chi connectivity index (χ0v) is 35.5. The van der Waals surface area contributed by atoms with Crippen molar-refractivity contribution in [2.24, 2.45) is 23.0 Å². The average Bonchev–Trinajstić information content (AvgIpc) is 3.82. The highest BCUT2D eigenvalue weighted by Crippen LogP contribution is 2.30. The van der Waals surface area contributed by atoms with Crippen molar-refractivity contribution in [2.45, 2.75) is 97.9 Å². The molecule has 6 N–H and O–H groups in total. The predicted molar refractivity (Wildman–Crippen MR) is 222 cm³/mol. The van der Waals surface area contributed by atoms with Gasteiger partial charge in [0.1, 0.15) is 31.6 Å². The molecule has 0 bridgehead atoms. The van der Waals surface area contributed by atoms with E-state index in [2.05, 4.69) is 31.6 Å². The third-order valence-corrected chi connectivity index (χ3v) is 10.1. The number of carbonyl (C=O) groups excluding carboxylic acids is 7. The number of esters is 1. The summed E-state index contributed by atoms with van der Waals surface area (Å²) in [6, 6.07) is 6.00. The second-order valence-electron chi connectivity index (χ2n) is 16.3. The number of aryl methyl sites for hydroxylation is 1. The Hall–Kier alpha value is -5.53. The van der Waals surface area contributed by atoms with Crippen LogP contribution in [0.1, 0.15) is 83.4 Å². The van der Waals surface area contributed by atoms with Crippen LogP contribution in [0.3, 0.4) is 0 Å². The van der Waals surface area contributed by atoms with Gasteiger partial charge in [0.2, 0.25) is 23.6 Å². The van der Waals surface area contributed by atoms with Gasteiger partial charge in [-0.15, -0.1) is 5.10 Å². The van der Waals surface area contributed by atoms with Gasteiger partial charge in [-0.2, -0.15) is 0 Å². The van der Waals surface area contributed by atoms with Crippen LogP contribution >= 0.6 is 0 Å². The van der Waals surface area contributed by atoms with E-state index < -0.39 is 35.8 Å². The number of imide groups is 1. The second kappa shape index (κ2) is 24.7. The van der Waals surface area contributed by atoms with Gasteiger partial charge in [0.15, 0.2) is 0 Å². The van der Waals surface area contributed by atoms with Crippen LogP contribution in [0, 0.1) is 17.3 Å². The number of hydrogen-bond donors (Lipinski definition) is 5. The van der Waals surface area contributed by atoms with Crippen LogP contribution in [-0.4, -0.2) is 113 Å². The molecule has 1 aliphatic heterocycles. The first-order valence-electron chi connectivity index (χ1n) is 20.9. The van der Waals surface area contributed by atoms with Gasteiger partial charge in [-0.25, -0.2) is 0 Å². The van der Waals surface area contributed by atoms with E-state index in [1.54, 1.807) is 55.9 Å². The smallest absolute Gasteiger partial charge is 0.311 e. The Morgan fingerprint density at radius 2 is 1.59 bits per heavy atom. The summed E-state index contributed by atoms with van der Waals surface area (Å²) >= 11 is 0. The molecule has 2 aliphatic rings. The lowest BCUT2D eigenvalue weighted by molar-refractivity contribution is -0.154. The van der Waals surface area contributed by atoms with Crippen LogP contribution in [0.2, 0.25) is 0 Å². The molecule has 1 aromatic heterocycles. The number of ether oxygens (including phenoxy) is 3. The van der Waals surface area contributed by atoms with E-state index in [1.807, 2.05) is 0 Å². The molecule has 61 heavy (non-hydrogen) atoms. The summed E-state index contributed by atoms with van der Waals surface area (Å²) in [6.45, 7) is 7.23. The molecule has 334 valence electrons. The van der Waals surface area contributed by atoms with E-state index in [9.17, 15) is 33.6 Å². The van der Waals surface area contributed by atoms with Crippen LogP contribution in [-0.2, 0) is 67.5 Å². The standard InChI is InChI=1S/C42H61N9O10/c1-42(2,3)41(58)61-26-30-10-14-32(15-11-30)46-40(57)34(7-4-5-18-43)47-36(53)28-60-27-35(52)44-19-22-59-21-6-20-50-25-33(48-49-50)23-45-39(56)31-12-8-29(9-13-31)24-51-37(54)16-17-38(51)55/h10-11,14-17,25,29,31,34H,4-9,12-13,18-24,26-28,43H2,1-3H3,(H,44,52)(H,45,56)(H,46,57)(H,47,53)/t29?,31?,34-/m0/s1. The van der Waals surface area contributed by atoms with Gasteiger partial charge in [0.05, 0.1) is 24.8 Å². The molecule has 0 unspecified atom stereocenters. The zero-order valence-electron chi connectivity index (χ0n) is 35.5. The Morgan fingerprint density at radius 3 is 2.28 bits per heavy atom. The third kappa shape index (κ3) is 17.2. The van der Waals surface area contributed by atoms with Gasteiger partial charge in [0, 0.05) is 50.0 Å². The number of nitrogens with one attached hydrogen (secondary N) is 4. The Morgan fingerprint density at radius 1 is 0.885 bits per heavy atom. The van der Waals surface area contributed by atoms with Crippen molar-refractivity contribution >= 4 is 47.1 Å². The summed E-state index contributed by atoms with van der Waals surface area (Å²) in [5.41, 5.74) is 6.91. The first-order chi connectivity index (χ1) is 29.2. The average molecular weight is 852 g/mol. The number of nitrogens with two attached hydrogens (primary N) is 1. The fourth-order valence-electron chi connectivity index (χ4n) is 6.58. The molecule has 19 heteroatoms. The number of unbranched alkanes of at least 4 members (excludes halogenated alkanes) is 1. The molecule has 1 saturated carbocycles. The van der Waals surface area contributed by atoms with Crippen molar-refractivity contribution in [1.29, 1.82) is 0 Å². The fourth-order valence-corrected chi connectivity index (χ4v) is 6.58. The lowest BCUT2D eigenvalue weighted by Gasteiger charge is -2.29. The van der Waals surface area contributed by atoms with Crippen LogP contribution in [0.4, 0.5) is 5.69 Å². The van der Waals surface area contributed by atoms with E-state index in [4.69, 9.17) is 19.9 Å². The molecule has 19 nitrogen and oxygen atoms in total. The molecular formula is C42H61N9O10. The maximum absolute atomic E-state index is 13.1. The molecule has 1 aliphatic carbocycles. The van der Waals surface area contributed by atoms with Gasteiger partial charge in [0.25, 0.3) is 11.8 Å². The largest absolute Gasteiger partial charge is 0.460 e. The molecule has 2 heterocycles. The molecular weight excluding hydrogens is 791 g/mol. The van der Waals surface area contributed by atoms with Gasteiger partial charge >= 0.3 is 5.97 Å². The Kier molecular flexibility index (Phi) is 19.5. The summed E-state index contributed by atoms with van der Waals surface area (Å²) < 4.78 is 17.9. The minimum Gasteiger partial charge on any atom is -0.460 e. The monoisotopic (exact) mass is 851 g/mol. The van der Waals surface area contributed by atoms with E-state index in [-0.39, 0.29) is 68.4 Å². The van der Waals surface area contributed by atoms with Crippen molar-refractivity contribution in [1.82, 2.24) is 35.8 Å². The minimum absolute atomic E-state index is 0.0414. The summed E-state index contributed by atoms with van der Waals surface area (Å²) in [7, 11) is 0. The predicted octanol–water partition coefficient (Wildman–Crippen LogP) is 1.51. The quantitative estimate of drug-likeness (QED) is 0.0540. The SMILES string of the molecule is CC(C)(C)C(=O)OCc1ccc(NC(=O)[C@H](CCCCN)NC(=O)COCC(=O)NCCOCCCn2cc(CNC(=O)C3CCC(CN4C(=O)C=CC4=O)CC3)nn2)cc1. The number of carbonyl (C=O) groups is 7. The summed E-state index contributed by atoms with van der Waals surface area (Å²) in [5, 5.41) is 19.3. The number of amides is 6. The molecule has 6 amide bonds. The van der Waals surface area contributed by atoms with Gasteiger partial charge < -0.3 is 41.2 Å². The molecule has 2 aromatic rings. The first-order valence-corrected chi connectivity index (χ1v) is 20.9. The van der Waals surface area contributed by atoms with Crippen LogP contribution in [0.5, 0.6) is 0 Å². The normalized spacial score (nSPS) is 16.9. The highest BCUT2D eigenvalue weighted by Gasteiger charge is 2.31. The second-order valence-corrected chi connectivity index (χ2v) is 16.3. The van der Waals surface area contributed by atoms with E-state index >= 15 is 0 Å². The molecule has 1 aromatic carbocycles. The van der Waals surface area contributed by atoms with Crippen LogP contribution in [0.25, 0.3) is 0 Å². The molecule has 0 saturated heterocycles. The van der Waals surface area contributed by atoms with Crippen molar-refractivity contribution in [3.63, 3.8) is 0 Å². The lowest BCUT2D eigenvalue weighted by atomic mass is 9.81. The van der Waals surface area contributed by atoms with Crippen molar-refractivity contribution in [3.05, 3.63) is 53.9 Å². The summed E-state index contributed by atoms with van der Waals surface area (Å²) in [6.07, 6.45) is 9.58. The number of benzene rings is 1. The number of nitrogens with zero attached hydrogens (tertiary/aromatic N) is 4. The zero-order chi connectivity index (χ0) is 44.2. The van der Waals surface area contributed by atoms with Crippen molar-refractivity contribution < 1.29 is 47.8 Å². The number of rotatable bonds is 25. The first kappa shape index (κ1) is 48.1. The maximum Gasteiger partial charge on any atom is 0.311 e. The van der Waals surface area contributed by atoms with Gasteiger partial charge in [-0.05, 0) is 102 Å². The summed E-state index contributed by atoms with van der Waals surface area (Å²) in [4.78, 5) is 87.7. The minimum atomic E-state index is -0.850. The molecule has 4 rings (SSSR count). The Balaban J connectivity index is 1.02. The number of aromatic nitrogens is 3. The highest BCUT2D eigenvalue weighted by atomic mass is 16.5. The van der Waals surface area contributed by atoms with E-state index in [0.29, 0.717) is 76.1 Å². The van der Waals surface area contributed by atoms with Crippen LogP contribution in [0.15, 0.2) is 42.6 Å². The summed E-state index contributed by atoms with van der Waals surface area (Å²) in [5.74, 6) is -2.22. The number of hydrogen-bond acceptors (Lipinski definition) is 13. The molecule has 1 fully saturated rings. The van der Waals surface area contributed by atoms with Crippen molar-refractivity contribution in [3.8, 4) is 0 Å². The number of anilines is 1. The van der Waals surface area contributed by atoms with E-state index in [1.165, 1.54) is 17.1 Å². The van der Waals surface area contributed by atoms with Crippen molar-refractivity contribution in [2.75, 3.05) is 51.4 Å². The molecule has 0 spiro atoms. The Bertz CT molecular complexity index is 1800. The lowest BCUT2D eigenvalue weighted by Crippen LogP contribution is -2.45.